The molecule has 0 spiro atoms. The predicted molar refractivity (Wildman–Crippen MR) is 90.5 cm³/mol. The summed E-state index contributed by atoms with van der Waals surface area (Å²) in [6, 6.07) is 10.9. The van der Waals surface area contributed by atoms with Crippen LogP contribution >= 0.6 is 11.6 Å². The summed E-state index contributed by atoms with van der Waals surface area (Å²) in [6.07, 6.45) is 5.32. The Balaban J connectivity index is 1.69. The highest BCUT2D eigenvalue weighted by Gasteiger charge is 2.32. The Bertz CT molecular complexity index is 889. The number of benzene rings is 1. The highest BCUT2D eigenvalue weighted by Crippen LogP contribution is 2.40. The van der Waals surface area contributed by atoms with Gasteiger partial charge in [-0.15, -0.1) is 5.10 Å². The predicted octanol–water partition coefficient (Wildman–Crippen LogP) is 3.45. The lowest BCUT2D eigenvalue weighted by Gasteiger charge is -2.06. The summed E-state index contributed by atoms with van der Waals surface area (Å²) in [4.78, 5) is 20.8. The number of aromatic nitrogens is 4. The van der Waals surface area contributed by atoms with Crippen LogP contribution in [0.3, 0.4) is 0 Å². The smallest absolute Gasteiger partial charge is 0.295 e. The second-order valence-corrected chi connectivity index (χ2v) is 6.03. The van der Waals surface area contributed by atoms with Crippen LogP contribution in [0.2, 0.25) is 5.02 Å². The molecule has 0 atom stereocenters. The maximum atomic E-state index is 12.4. The van der Waals surface area contributed by atoms with Crippen molar-refractivity contribution in [3.63, 3.8) is 0 Å². The van der Waals surface area contributed by atoms with Crippen LogP contribution in [0.1, 0.15) is 35.2 Å². The summed E-state index contributed by atoms with van der Waals surface area (Å²) in [6.45, 7) is 0. The molecule has 2 aromatic heterocycles. The van der Waals surface area contributed by atoms with E-state index in [9.17, 15) is 4.79 Å². The van der Waals surface area contributed by atoms with Crippen molar-refractivity contribution in [1.82, 2.24) is 19.7 Å². The fourth-order valence-electron chi connectivity index (χ4n) is 2.45. The van der Waals surface area contributed by atoms with E-state index in [1.807, 2.05) is 18.2 Å². The maximum Gasteiger partial charge on any atom is 0.295 e. The molecule has 0 radical (unpaired) electrons. The van der Waals surface area contributed by atoms with E-state index in [-0.39, 0.29) is 11.7 Å². The van der Waals surface area contributed by atoms with Crippen LogP contribution in [-0.2, 0) is 0 Å². The van der Waals surface area contributed by atoms with Gasteiger partial charge in [0.15, 0.2) is 0 Å². The van der Waals surface area contributed by atoms with Gasteiger partial charge in [-0.2, -0.15) is 0 Å². The molecular formula is C17H14ClN5O. The minimum Gasteiger partial charge on any atom is -0.318 e. The lowest BCUT2D eigenvalue weighted by atomic mass is 10.3. The summed E-state index contributed by atoms with van der Waals surface area (Å²) >= 11 is 6.28. The lowest BCUT2D eigenvalue weighted by Crippen LogP contribution is -2.14. The molecule has 3 aromatic rings. The van der Waals surface area contributed by atoms with E-state index in [4.69, 9.17) is 11.6 Å². The third-order valence-corrected chi connectivity index (χ3v) is 4.10. The zero-order valence-corrected chi connectivity index (χ0v) is 13.4. The van der Waals surface area contributed by atoms with E-state index in [2.05, 4.69) is 20.4 Å². The Morgan fingerprint density at radius 3 is 2.75 bits per heavy atom. The SMILES string of the molecule is O=C(Nc1cccnc1)c1nc(C2CC2)n(-c2ccccc2Cl)n1. The molecule has 0 bridgehead atoms. The summed E-state index contributed by atoms with van der Waals surface area (Å²) in [5.74, 6) is 0.865. The van der Waals surface area contributed by atoms with Crippen molar-refractivity contribution in [2.75, 3.05) is 5.32 Å². The van der Waals surface area contributed by atoms with Crippen LogP contribution in [0.4, 0.5) is 5.69 Å². The van der Waals surface area contributed by atoms with Crippen LogP contribution in [0.5, 0.6) is 0 Å². The minimum atomic E-state index is -0.365. The van der Waals surface area contributed by atoms with Crippen LogP contribution in [0, 0.1) is 0 Å². The highest BCUT2D eigenvalue weighted by molar-refractivity contribution is 6.32. The molecule has 1 aliphatic carbocycles. The zero-order chi connectivity index (χ0) is 16.5. The third-order valence-electron chi connectivity index (χ3n) is 3.78. The van der Waals surface area contributed by atoms with Gasteiger partial charge in [0.05, 0.1) is 22.6 Å². The van der Waals surface area contributed by atoms with Crippen LogP contribution in [0.15, 0.2) is 48.8 Å². The molecule has 1 amide bonds. The molecule has 0 unspecified atom stereocenters. The van der Waals surface area contributed by atoms with E-state index in [1.165, 1.54) is 0 Å². The van der Waals surface area contributed by atoms with Crippen molar-refractivity contribution in [2.45, 2.75) is 18.8 Å². The van der Waals surface area contributed by atoms with E-state index in [0.717, 1.165) is 24.4 Å². The number of rotatable bonds is 4. The quantitative estimate of drug-likeness (QED) is 0.790. The van der Waals surface area contributed by atoms with Gasteiger partial charge in [0.2, 0.25) is 5.82 Å². The van der Waals surface area contributed by atoms with Gasteiger partial charge in [-0.25, -0.2) is 9.67 Å². The Morgan fingerprint density at radius 1 is 1.21 bits per heavy atom. The van der Waals surface area contributed by atoms with E-state index in [1.54, 1.807) is 35.3 Å². The number of anilines is 1. The van der Waals surface area contributed by atoms with Crippen molar-refractivity contribution in [1.29, 1.82) is 0 Å². The number of halogens is 1. The van der Waals surface area contributed by atoms with Crippen molar-refractivity contribution in [3.05, 3.63) is 65.5 Å². The Kier molecular flexibility index (Phi) is 3.74. The second kappa shape index (κ2) is 6.05. The fourth-order valence-corrected chi connectivity index (χ4v) is 2.67. The van der Waals surface area contributed by atoms with E-state index >= 15 is 0 Å². The highest BCUT2D eigenvalue weighted by atomic mass is 35.5. The van der Waals surface area contributed by atoms with Crippen LogP contribution in [0.25, 0.3) is 5.69 Å². The molecule has 2 heterocycles. The summed E-state index contributed by atoms with van der Waals surface area (Å²) in [5.41, 5.74) is 1.33. The number of amides is 1. The van der Waals surface area contributed by atoms with Crippen molar-refractivity contribution < 1.29 is 4.79 Å². The van der Waals surface area contributed by atoms with Gasteiger partial charge < -0.3 is 5.32 Å². The Hall–Kier alpha value is -2.73. The molecule has 1 aliphatic rings. The van der Waals surface area contributed by atoms with Crippen molar-refractivity contribution >= 4 is 23.2 Å². The number of pyridine rings is 1. The molecule has 0 saturated heterocycles. The number of nitrogens with one attached hydrogen (secondary N) is 1. The molecule has 24 heavy (non-hydrogen) atoms. The first-order chi connectivity index (χ1) is 11.7. The Morgan fingerprint density at radius 2 is 2.04 bits per heavy atom. The average molecular weight is 340 g/mol. The Labute approximate surface area is 143 Å². The number of hydrogen-bond donors (Lipinski definition) is 1. The normalized spacial score (nSPS) is 13.7. The monoisotopic (exact) mass is 339 g/mol. The van der Waals surface area contributed by atoms with Crippen molar-refractivity contribution in [3.8, 4) is 5.69 Å². The van der Waals surface area contributed by atoms with Crippen molar-refractivity contribution in [2.24, 2.45) is 0 Å². The first-order valence-corrected chi connectivity index (χ1v) is 8.03. The molecule has 120 valence electrons. The lowest BCUT2D eigenvalue weighted by molar-refractivity contribution is 0.101. The second-order valence-electron chi connectivity index (χ2n) is 5.63. The zero-order valence-electron chi connectivity index (χ0n) is 12.7. The fraction of sp³-hybridized carbons (Fsp3) is 0.176. The molecule has 7 heteroatoms. The number of carbonyl (C=O) groups excluding carboxylic acids is 1. The molecular weight excluding hydrogens is 326 g/mol. The molecule has 1 fully saturated rings. The van der Waals surface area contributed by atoms with Crippen LogP contribution in [-0.4, -0.2) is 25.7 Å². The maximum absolute atomic E-state index is 12.4. The molecule has 6 nitrogen and oxygen atoms in total. The summed E-state index contributed by atoms with van der Waals surface area (Å²) in [5, 5.41) is 7.71. The first kappa shape index (κ1) is 14.8. The molecule has 0 aliphatic heterocycles. The van der Waals surface area contributed by atoms with Gasteiger partial charge in [-0.1, -0.05) is 23.7 Å². The van der Waals surface area contributed by atoms with Crippen LogP contribution < -0.4 is 5.32 Å². The van der Waals surface area contributed by atoms with Gasteiger partial charge in [0.1, 0.15) is 5.82 Å². The number of nitrogens with zero attached hydrogens (tertiary/aromatic N) is 4. The van der Waals surface area contributed by atoms with Gasteiger partial charge >= 0.3 is 0 Å². The number of hydrogen-bond acceptors (Lipinski definition) is 4. The topological polar surface area (TPSA) is 72.7 Å². The summed E-state index contributed by atoms with van der Waals surface area (Å²) < 4.78 is 1.68. The first-order valence-electron chi connectivity index (χ1n) is 7.65. The largest absolute Gasteiger partial charge is 0.318 e. The van der Waals surface area contributed by atoms with Gasteiger partial charge in [0, 0.05) is 12.1 Å². The average Bonchev–Trinajstić information content (AvgIpc) is 3.35. The number of para-hydroxylation sites is 1. The molecule has 1 saturated carbocycles. The standard InChI is InChI=1S/C17H14ClN5O/c18-13-5-1-2-6-14(13)23-16(11-7-8-11)21-15(22-23)17(24)20-12-4-3-9-19-10-12/h1-6,9-11H,7-8H2,(H,20,24). The molecule has 1 N–H and O–H groups in total. The van der Waals surface area contributed by atoms with E-state index < -0.39 is 0 Å². The summed E-state index contributed by atoms with van der Waals surface area (Å²) in [7, 11) is 0. The minimum absolute atomic E-state index is 0.126. The van der Waals surface area contributed by atoms with Gasteiger partial charge in [-0.05, 0) is 37.1 Å². The van der Waals surface area contributed by atoms with E-state index in [0.29, 0.717) is 16.6 Å². The molecule has 4 rings (SSSR count). The van der Waals surface area contributed by atoms with Gasteiger partial charge in [-0.3, -0.25) is 9.78 Å². The number of carbonyl (C=O) groups is 1. The third kappa shape index (κ3) is 2.88. The van der Waals surface area contributed by atoms with Gasteiger partial charge in [0.25, 0.3) is 5.91 Å². The molecule has 1 aromatic carbocycles.